The molecule has 0 saturated carbocycles. The van der Waals surface area contributed by atoms with Gasteiger partial charge in [-0.15, -0.1) is 0 Å². The highest BCUT2D eigenvalue weighted by molar-refractivity contribution is 7.89. The average molecular weight is 357 g/mol. The van der Waals surface area contributed by atoms with Crippen LogP contribution in [-0.2, 0) is 14.8 Å². The van der Waals surface area contributed by atoms with Gasteiger partial charge in [-0.1, -0.05) is 6.92 Å². The van der Waals surface area contributed by atoms with Gasteiger partial charge < -0.3 is 10.0 Å². The van der Waals surface area contributed by atoms with Gasteiger partial charge in [-0.05, 0) is 46.2 Å². The van der Waals surface area contributed by atoms with Gasteiger partial charge in [0.1, 0.15) is 17.3 Å². The molecule has 0 aliphatic heterocycles. The molecule has 1 aromatic rings. The van der Waals surface area contributed by atoms with Gasteiger partial charge >= 0.3 is 5.97 Å². The van der Waals surface area contributed by atoms with Crippen LogP contribution in [0.3, 0.4) is 0 Å². The first-order valence-corrected chi connectivity index (χ1v) is 9.51. The number of pyridine rings is 1. The van der Waals surface area contributed by atoms with Crippen LogP contribution in [0.4, 0.5) is 5.82 Å². The zero-order chi connectivity index (χ0) is 18.5. The van der Waals surface area contributed by atoms with Gasteiger partial charge in [0.2, 0.25) is 10.0 Å². The molecule has 136 valence electrons. The van der Waals surface area contributed by atoms with Crippen LogP contribution in [0.1, 0.15) is 41.0 Å². The van der Waals surface area contributed by atoms with Crippen LogP contribution >= 0.6 is 0 Å². The third-order valence-corrected chi connectivity index (χ3v) is 5.69. The van der Waals surface area contributed by atoms with Crippen LogP contribution in [0.2, 0.25) is 0 Å². The van der Waals surface area contributed by atoms with Crippen molar-refractivity contribution in [3.63, 3.8) is 0 Å². The Morgan fingerprint density at radius 1 is 1.21 bits per heavy atom. The number of nitrogens with zero attached hydrogens (tertiary/aromatic N) is 3. The summed E-state index contributed by atoms with van der Waals surface area (Å²) in [6.45, 7) is 9.62. The number of carboxylic acids is 1. The second kappa shape index (κ2) is 8.43. The van der Waals surface area contributed by atoms with Gasteiger partial charge in [-0.25, -0.2) is 13.4 Å². The summed E-state index contributed by atoms with van der Waals surface area (Å²) >= 11 is 0. The molecule has 8 heteroatoms. The lowest BCUT2D eigenvalue weighted by molar-refractivity contribution is -0.135. The average Bonchev–Trinajstić information content (AvgIpc) is 2.45. The molecular formula is C16H27N3O4S. The highest BCUT2D eigenvalue weighted by atomic mass is 32.2. The first-order chi connectivity index (χ1) is 11.1. The molecule has 1 aromatic heterocycles. The molecule has 0 spiro atoms. The van der Waals surface area contributed by atoms with Gasteiger partial charge in [0.25, 0.3) is 0 Å². The smallest absolute Gasteiger partial charge is 0.323 e. The lowest BCUT2D eigenvalue weighted by atomic mass is 10.3. The molecule has 1 heterocycles. The van der Waals surface area contributed by atoms with Gasteiger partial charge in [0.15, 0.2) is 0 Å². The van der Waals surface area contributed by atoms with Crippen LogP contribution in [0.5, 0.6) is 0 Å². The maximum atomic E-state index is 12.8. The molecule has 0 aromatic carbocycles. The van der Waals surface area contributed by atoms with Crippen molar-refractivity contribution >= 4 is 21.8 Å². The van der Waals surface area contributed by atoms with Crippen LogP contribution in [0, 0.1) is 0 Å². The van der Waals surface area contributed by atoms with E-state index in [9.17, 15) is 13.2 Å². The summed E-state index contributed by atoms with van der Waals surface area (Å²) in [5.74, 6) is -0.494. The fourth-order valence-electron chi connectivity index (χ4n) is 2.69. The predicted octanol–water partition coefficient (Wildman–Crippen LogP) is 2.19. The number of hydrogen-bond acceptors (Lipinski definition) is 5. The quantitative estimate of drug-likeness (QED) is 0.728. The van der Waals surface area contributed by atoms with Crippen LogP contribution in [0.25, 0.3) is 0 Å². The van der Waals surface area contributed by atoms with Gasteiger partial charge in [0, 0.05) is 24.8 Å². The van der Waals surface area contributed by atoms with Crippen LogP contribution in [-0.4, -0.2) is 54.0 Å². The Kier molecular flexibility index (Phi) is 7.16. The highest BCUT2D eigenvalue weighted by Crippen LogP contribution is 2.22. The zero-order valence-electron chi connectivity index (χ0n) is 14.9. The summed E-state index contributed by atoms with van der Waals surface area (Å²) in [4.78, 5) is 16.9. The Balaban J connectivity index is 3.14. The van der Waals surface area contributed by atoms with Crippen LogP contribution < -0.4 is 4.90 Å². The molecule has 0 radical (unpaired) electrons. The van der Waals surface area contributed by atoms with E-state index in [-0.39, 0.29) is 23.5 Å². The van der Waals surface area contributed by atoms with E-state index < -0.39 is 16.0 Å². The Labute approximate surface area is 144 Å². The number of carbonyl (C=O) groups is 1. The molecule has 1 rings (SSSR count). The summed E-state index contributed by atoms with van der Waals surface area (Å²) in [7, 11) is -3.64. The van der Waals surface area contributed by atoms with Crippen molar-refractivity contribution in [1.82, 2.24) is 9.29 Å². The van der Waals surface area contributed by atoms with E-state index >= 15 is 0 Å². The minimum atomic E-state index is -3.64. The summed E-state index contributed by atoms with van der Waals surface area (Å²) in [5, 5.41) is 8.98. The number of rotatable bonds is 9. The fraction of sp³-hybridized carbons (Fsp3) is 0.625. The van der Waals surface area contributed by atoms with Gasteiger partial charge in [0.05, 0.1) is 0 Å². The van der Waals surface area contributed by atoms with E-state index in [1.165, 1.54) is 16.6 Å². The van der Waals surface area contributed by atoms with E-state index in [1.54, 1.807) is 11.0 Å². The normalized spacial score (nSPS) is 12.2. The molecule has 7 nitrogen and oxygen atoms in total. The van der Waals surface area contributed by atoms with Crippen molar-refractivity contribution in [3.8, 4) is 0 Å². The largest absolute Gasteiger partial charge is 0.480 e. The first kappa shape index (κ1) is 20.4. The number of hydrogen-bond donors (Lipinski definition) is 1. The van der Waals surface area contributed by atoms with Crippen molar-refractivity contribution in [2.75, 3.05) is 18.0 Å². The summed E-state index contributed by atoms with van der Waals surface area (Å²) < 4.78 is 27.0. The lowest BCUT2D eigenvalue weighted by Gasteiger charge is -2.29. The number of carboxylic acid groups (broad SMARTS) is 1. The second-order valence-electron chi connectivity index (χ2n) is 6.19. The number of aliphatic carboxylic acids is 1. The van der Waals surface area contributed by atoms with E-state index in [0.717, 1.165) is 6.42 Å². The Bertz CT molecular complexity index is 634. The van der Waals surface area contributed by atoms with E-state index in [1.807, 2.05) is 34.6 Å². The van der Waals surface area contributed by atoms with E-state index in [2.05, 4.69) is 4.98 Å². The molecule has 0 atom stereocenters. The first-order valence-electron chi connectivity index (χ1n) is 8.07. The molecule has 0 aliphatic rings. The molecular weight excluding hydrogens is 330 g/mol. The summed E-state index contributed by atoms with van der Waals surface area (Å²) in [6, 6.07) is 2.71. The minimum absolute atomic E-state index is 0.112. The van der Waals surface area contributed by atoms with Crippen molar-refractivity contribution in [3.05, 3.63) is 18.3 Å². The van der Waals surface area contributed by atoms with Crippen molar-refractivity contribution in [2.24, 2.45) is 0 Å². The standard InChI is InChI=1S/C16H27N3O4S/c1-6-9-18(11-16(20)21)15-8-7-14(10-17-15)24(22,23)19(12(2)3)13(4)5/h7-8,10,12-13H,6,9,11H2,1-5H3,(H,20,21). The topological polar surface area (TPSA) is 90.8 Å². The molecule has 1 N–H and O–H groups in total. The zero-order valence-corrected chi connectivity index (χ0v) is 15.7. The summed E-state index contributed by atoms with van der Waals surface area (Å²) in [5.41, 5.74) is 0. The van der Waals surface area contributed by atoms with Crippen molar-refractivity contribution < 1.29 is 18.3 Å². The third-order valence-electron chi connectivity index (χ3n) is 3.46. The molecule has 0 amide bonds. The highest BCUT2D eigenvalue weighted by Gasteiger charge is 2.29. The molecule has 0 fully saturated rings. The molecule has 0 aliphatic carbocycles. The Morgan fingerprint density at radius 3 is 2.17 bits per heavy atom. The molecule has 0 unspecified atom stereocenters. The molecule has 0 bridgehead atoms. The van der Waals surface area contributed by atoms with Gasteiger partial charge in [-0.2, -0.15) is 4.31 Å². The molecule has 24 heavy (non-hydrogen) atoms. The summed E-state index contributed by atoms with van der Waals surface area (Å²) in [6.07, 6.45) is 2.07. The minimum Gasteiger partial charge on any atom is -0.480 e. The maximum absolute atomic E-state index is 12.8. The number of sulfonamides is 1. The SMILES string of the molecule is CCCN(CC(=O)O)c1ccc(S(=O)(=O)N(C(C)C)C(C)C)cn1. The Hall–Kier alpha value is -1.67. The number of aromatic nitrogens is 1. The van der Waals surface area contributed by atoms with E-state index in [0.29, 0.717) is 12.4 Å². The van der Waals surface area contributed by atoms with E-state index in [4.69, 9.17) is 5.11 Å². The third kappa shape index (κ3) is 4.91. The number of anilines is 1. The second-order valence-corrected chi connectivity index (χ2v) is 8.03. The van der Waals surface area contributed by atoms with Crippen LogP contribution in [0.15, 0.2) is 23.2 Å². The fourth-order valence-corrected chi connectivity index (χ4v) is 4.47. The monoisotopic (exact) mass is 357 g/mol. The lowest BCUT2D eigenvalue weighted by Crippen LogP contribution is -2.42. The molecule has 0 saturated heterocycles. The van der Waals surface area contributed by atoms with Crippen molar-refractivity contribution in [2.45, 2.75) is 58.0 Å². The predicted molar refractivity (Wildman–Crippen MR) is 93.7 cm³/mol. The maximum Gasteiger partial charge on any atom is 0.323 e. The van der Waals surface area contributed by atoms with Gasteiger partial charge in [-0.3, -0.25) is 4.79 Å². The Morgan fingerprint density at radius 2 is 1.79 bits per heavy atom. The van der Waals surface area contributed by atoms with Crippen molar-refractivity contribution in [1.29, 1.82) is 0 Å².